The zero-order valence-corrected chi connectivity index (χ0v) is 13.8. The van der Waals surface area contributed by atoms with E-state index in [4.69, 9.17) is 0 Å². The standard InChI is InChI=1S/C16H14FN3S2/c1-10-16(22-11(2)18-10)14-7-8-15(20-19-14)21-9-12-3-5-13(17)6-4-12/h3-8H,9H2,1-2H3. The number of thiazole rings is 1. The molecule has 0 aliphatic carbocycles. The maximum Gasteiger partial charge on any atom is 0.123 e. The Hall–Kier alpha value is -1.79. The van der Waals surface area contributed by atoms with Gasteiger partial charge in [0.25, 0.3) is 0 Å². The van der Waals surface area contributed by atoms with E-state index in [9.17, 15) is 4.39 Å². The van der Waals surface area contributed by atoms with Gasteiger partial charge in [-0.05, 0) is 43.7 Å². The second kappa shape index (κ2) is 6.54. The van der Waals surface area contributed by atoms with E-state index in [1.807, 2.05) is 26.0 Å². The van der Waals surface area contributed by atoms with Crippen molar-refractivity contribution in [2.45, 2.75) is 24.6 Å². The summed E-state index contributed by atoms with van der Waals surface area (Å²) >= 11 is 3.21. The summed E-state index contributed by atoms with van der Waals surface area (Å²) < 4.78 is 12.9. The molecule has 0 bridgehead atoms. The third kappa shape index (κ3) is 3.51. The number of hydrogen-bond acceptors (Lipinski definition) is 5. The van der Waals surface area contributed by atoms with Crippen LogP contribution in [-0.2, 0) is 5.75 Å². The molecule has 0 aliphatic rings. The van der Waals surface area contributed by atoms with Crippen molar-refractivity contribution >= 4 is 23.1 Å². The van der Waals surface area contributed by atoms with E-state index in [1.54, 1.807) is 35.2 Å². The first-order chi connectivity index (χ1) is 10.6. The molecule has 6 heteroatoms. The third-order valence-electron chi connectivity index (χ3n) is 3.08. The Morgan fingerprint density at radius 2 is 1.82 bits per heavy atom. The molecule has 0 saturated carbocycles. The Kier molecular flexibility index (Phi) is 4.49. The van der Waals surface area contributed by atoms with Gasteiger partial charge in [0.15, 0.2) is 0 Å². The lowest BCUT2D eigenvalue weighted by Gasteiger charge is -2.02. The van der Waals surface area contributed by atoms with Crippen LogP contribution in [0.2, 0.25) is 0 Å². The normalized spacial score (nSPS) is 10.9. The fourth-order valence-electron chi connectivity index (χ4n) is 2.02. The van der Waals surface area contributed by atoms with Gasteiger partial charge in [-0.2, -0.15) is 0 Å². The molecule has 0 atom stereocenters. The number of rotatable bonds is 4. The van der Waals surface area contributed by atoms with Crippen LogP contribution in [0.25, 0.3) is 10.6 Å². The molecule has 3 nitrogen and oxygen atoms in total. The van der Waals surface area contributed by atoms with Gasteiger partial charge < -0.3 is 0 Å². The Morgan fingerprint density at radius 3 is 2.41 bits per heavy atom. The van der Waals surface area contributed by atoms with Gasteiger partial charge in [-0.1, -0.05) is 23.9 Å². The molecule has 0 spiro atoms. The molecule has 1 aromatic carbocycles. The van der Waals surface area contributed by atoms with Crippen LogP contribution in [0.4, 0.5) is 4.39 Å². The van der Waals surface area contributed by atoms with Gasteiger partial charge in [0, 0.05) is 5.75 Å². The molecule has 0 saturated heterocycles. The number of benzene rings is 1. The quantitative estimate of drug-likeness (QED) is 0.652. The van der Waals surface area contributed by atoms with Crippen LogP contribution in [0.3, 0.4) is 0 Å². The minimum absolute atomic E-state index is 0.215. The molecule has 0 amide bonds. The van der Waals surface area contributed by atoms with Gasteiger partial charge in [0.05, 0.1) is 15.6 Å². The topological polar surface area (TPSA) is 38.7 Å². The van der Waals surface area contributed by atoms with Crippen molar-refractivity contribution in [3.8, 4) is 10.6 Å². The van der Waals surface area contributed by atoms with Crippen molar-refractivity contribution in [2.24, 2.45) is 0 Å². The fraction of sp³-hybridized carbons (Fsp3) is 0.188. The van der Waals surface area contributed by atoms with Gasteiger partial charge >= 0.3 is 0 Å². The highest BCUT2D eigenvalue weighted by atomic mass is 32.2. The molecule has 2 heterocycles. The zero-order valence-electron chi connectivity index (χ0n) is 12.2. The van der Waals surface area contributed by atoms with Gasteiger partial charge in [-0.15, -0.1) is 21.5 Å². The van der Waals surface area contributed by atoms with Crippen molar-refractivity contribution in [2.75, 3.05) is 0 Å². The Bertz CT molecular complexity index is 767. The second-order valence-corrected chi connectivity index (χ2v) is 7.02. The summed E-state index contributed by atoms with van der Waals surface area (Å²) in [6.45, 7) is 3.97. The number of aromatic nitrogens is 3. The van der Waals surface area contributed by atoms with Crippen LogP contribution in [0.5, 0.6) is 0 Å². The molecule has 0 radical (unpaired) electrons. The van der Waals surface area contributed by atoms with Crippen molar-refractivity contribution in [3.05, 3.63) is 58.5 Å². The highest BCUT2D eigenvalue weighted by Gasteiger charge is 2.09. The van der Waals surface area contributed by atoms with Crippen LogP contribution in [0, 0.1) is 19.7 Å². The summed E-state index contributed by atoms with van der Waals surface area (Å²) in [5.41, 5.74) is 2.91. The first-order valence-electron chi connectivity index (χ1n) is 6.77. The van der Waals surface area contributed by atoms with E-state index in [-0.39, 0.29) is 5.82 Å². The minimum atomic E-state index is -0.215. The SMILES string of the molecule is Cc1nc(C)c(-c2ccc(SCc3ccc(F)cc3)nn2)s1. The van der Waals surface area contributed by atoms with Gasteiger partial charge in [-0.3, -0.25) is 0 Å². The van der Waals surface area contributed by atoms with Crippen LogP contribution >= 0.6 is 23.1 Å². The van der Waals surface area contributed by atoms with Gasteiger partial charge in [0.1, 0.15) is 16.5 Å². The molecule has 3 rings (SSSR count). The first-order valence-corrected chi connectivity index (χ1v) is 8.57. The predicted molar refractivity (Wildman–Crippen MR) is 88.6 cm³/mol. The van der Waals surface area contributed by atoms with E-state index in [0.29, 0.717) is 0 Å². The molecule has 2 aromatic heterocycles. The highest BCUT2D eigenvalue weighted by Crippen LogP contribution is 2.29. The highest BCUT2D eigenvalue weighted by molar-refractivity contribution is 7.98. The smallest absolute Gasteiger partial charge is 0.123 e. The molecule has 0 aliphatic heterocycles. The fourth-order valence-corrected chi connectivity index (χ4v) is 3.68. The molecule has 0 N–H and O–H groups in total. The Morgan fingerprint density at radius 1 is 1.05 bits per heavy atom. The Labute approximate surface area is 136 Å². The van der Waals surface area contributed by atoms with Gasteiger partial charge in [0.2, 0.25) is 0 Å². The maximum atomic E-state index is 12.9. The average molecular weight is 331 g/mol. The van der Waals surface area contributed by atoms with E-state index in [1.165, 1.54) is 12.1 Å². The molecule has 0 fully saturated rings. The van der Waals surface area contributed by atoms with Gasteiger partial charge in [-0.25, -0.2) is 9.37 Å². The average Bonchev–Trinajstić information content (AvgIpc) is 2.86. The minimum Gasteiger partial charge on any atom is -0.246 e. The summed E-state index contributed by atoms with van der Waals surface area (Å²) in [4.78, 5) is 5.48. The lowest BCUT2D eigenvalue weighted by atomic mass is 10.2. The molecule has 0 unspecified atom stereocenters. The molecule has 22 heavy (non-hydrogen) atoms. The largest absolute Gasteiger partial charge is 0.246 e. The van der Waals surface area contributed by atoms with Crippen molar-refractivity contribution < 1.29 is 4.39 Å². The van der Waals surface area contributed by atoms with E-state index >= 15 is 0 Å². The number of hydrogen-bond donors (Lipinski definition) is 0. The van der Waals surface area contributed by atoms with E-state index in [0.717, 1.165) is 37.6 Å². The molecule has 3 aromatic rings. The summed E-state index contributed by atoms with van der Waals surface area (Å²) in [5.74, 6) is 0.528. The Balaban J connectivity index is 1.69. The van der Waals surface area contributed by atoms with E-state index < -0.39 is 0 Å². The summed E-state index contributed by atoms with van der Waals surface area (Å²) in [6.07, 6.45) is 0. The van der Waals surface area contributed by atoms with E-state index in [2.05, 4.69) is 15.2 Å². The summed E-state index contributed by atoms with van der Waals surface area (Å²) in [6, 6.07) is 10.4. The lowest BCUT2D eigenvalue weighted by Crippen LogP contribution is -1.90. The third-order valence-corrected chi connectivity index (χ3v) is 5.16. The van der Waals surface area contributed by atoms with Crippen molar-refractivity contribution in [3.63, 3.8) is 0 Å². The van der Waals surface area contributed by atoms with Crippen LogP contribution in [0.1, 0.15) is 16.3 Å². The molecular formula is C16H14FN3S2. The second-order valence-electron chi connectivity index (χ2n) is 4.82. The number of halogens is 1. The molecule has 112 valence electrons. The monoisotopic (exact) mass is 331 g/mol. The van der Waals surface area contributed by atoms with Crippen LogP contribution < -0.4 is 0 Å². The van der Waals surface area contributed by atoms with Crippen molar-refractivity contribution in [1.82, 2.24) is 15.2 Å². The summed E-state index contributed by atoms with van der Waals surface area (Å²) in [5, 5.41) is 10.4. The van der Waals surface area contributed by atoms with Crippen LogP contribution in [0.15, 0.2) is 41.4 Å². The predicted octanol–water partition coefficient (Wildman–Crippen LogP) is 4.65. The maximum absolute atomic E-state index is 12.9. The lowest BCUT2D eigenvalue weighted by molar-refractivity contribution is 0.627. The number of nitrogens with zero attached hydrogens (tertiary/aromatic N) is 3. The zero-order chi connectivity index (χ0) is 15.5. The summed E-state index contributed by atoms with van der Waals surface area (Å²) in [7, 11) is 0. The van der Waals surface area contributed by atoms with Crippen LogP contribution in [-0.4, -0.2) is 15.2 Å². The molecular weight excluding hydrogens is 317 g/mol. The van der Waals surface area contributed by atoms with Crippen molar-refractivity contribution in [1.29, 1.82) is 0 Å². The first kappa shape index (κ1) is 15.1. The number of thioether (sulfide) groups is 1. The number of aryl methyl sites for hydroxylation is 2.